The number of carbonyl (C=O) groups excluding carboxylic acids is 1. The van der Waals surface area contributed by atoms with Crippen molar-refractivity contribution in [2.45, 2.75) is 0 Å². The van der Waals surface area contributed by atoms with Crippen molar-refractivity contribution in [2.24, 2.45) is 0 Å². The highest BCUT2D eigenvalue weighted by Crippen LogP contribution is 2.26. The first-order chi connectivity index (χ1) is 7.66. The van der Waals surface area contributed by atoms with Gasteiger partial charge in [0.05, 0.1) is 10.7 Å². The van der Waals surface area contributed by atoms with Crippen LogP contribution in [-0.2, 0) is 0 Å². The Bertz CT molecular complexity index is 515. The summed E-state index contributed by atoms with van der Waals surface area (Å²) in [6.07, 6.45) is 0. The van der Waals surface area contributed by atoms with Gasteiger partial charge >= 0.3 is 0 Å². The lowest BCUT2D eigenvalue weighted by atomic mass is 10.3. The predicted molar refractivity (Wildman–Crippen MR) is 61.0 cm³/mol. The summed E-state index contributed by atoms with van der Waals surface area (Å²) >= 11 is 6.92. The minimum Gasteiger partial charge on any atom is -0.508 e. The average Bonchev–Trinajstić information content (AvgIpc) is 2.75. The molecule has 0 bridgehead atoms. The summed E-state index contributed by atoms with van der Waals surface area (Å²) in [6, 6.07) is 4.28. The first-order valence-corrected chi connectivity index (χ1v) is 5.45. The zero-order chi connectivity index (χ0) is 11.5. The van der Waals surface area contributed by atoms with Crippen LogP contribution in [0.3, 0.4) is 0 Å². The van der Waals surface area contributed by atoms with Gasteiger partial charge in [-0.15, -0.1) is 5.10 Å². The number of aromatic hydroxyl groups is 1. The SMILES string of the molecule is O=C(Nc1ccc(O)cc1Cl)c1csnn1. The minimum absolute atomic E-state index is 0.0401. The lowest BCUT2D eigenvalue weighted by molar-refractivity contribution is 0.102. The summed E-state index contributed by atoms with van der Waals surface area (Å²) in [4.78, 5) is 11.6. The van der Waals surface area contributed by atoms with Gasteiger partial charge in [-0.2, -0.15) is 0 Å². The molecule has 2 aromatic rings. The summed E-state index contributed by atoms with van der Waals surface area (Å²) in [5, 5.41) is 17.1. The molecule has 0 radical (unpaired) electrons. The number of benzene rings is 1. The van der Waals surface area contributed by atoms with E-state index in [4.69, 9.17) is 16.7 Å². The molecule has 2 rings (SSSR count). The third kappa shape index (κ3) is 2.29. The Hall–Kier alpha value is -1.66. The molecule has 82 valence electrons. The quantitative estimate of drug-likeness (QED) is 0.807. The van der Waals surface area contributed by atoms with Crippen LogP contribution >= 0.6 is 23.1 Å². The Balaban J connectivity index is 2.18. The first kappa shape index (κ1) is 10.8. The van der Waals surface area contributed by atoms with E-state index < -0.39 is 0 Å². The van der Waals surface area contributed by atoms with Crippen LogP contribution in [0, 0.1) is 0 Å². The fraction of sp³-hybridized carbons (Fsp3) is 0. The predicted octanol–water partition coefficient (Wildman–Crippen LogP) is 2.15. The van der Waals surface area contributed by atoms with Crippen LogP contribution < -0.4 is 5.32 Å². The van der Waals surface area contributed by atoms with E-state index >= 15 is 0 Å². The molecule has 0 fully saturated rings. The van der Waals surface area contributed by atoms with E-state index in [-0.39, 0.29) is 22.4 Å². The van der Waals surface area contributed by atoms with Crippen molar-refractivity contribution in [3.05, 3.63) is 34.3 Å². The maximum atomic E-state index is 11.6. The first-order valence-electron chi connectivity index (χ1n) is 4.24. The number of carbonyl (C=O) groups is 1. The second kappa shape index (κ2) is 4.46. The van der Waals surface area contributed by atoms with Gasteiger partial charge in [0.1, 0.15) is 5.75 Å². The van der Waals surface area contributed by atoms with Gasteiger partial charge in [-0.1, -0.05) is 16.1 Å². The molecule has 0 saturated heterocycles. The molecule has 1 heterocycles. The number of hydrogen-bond donors (Lipinski definition) is 2. The Kier molecular flexibility index (Phi) is 3.02. The van der Waals surface area contributed by atoms with E-state index in [1.165, 1.54) is 23.6 Å². The van der Waals surface area contributed by atoms with Crippen molar-refractivity contribution in [2.75, 3.05) is 5.32 Å². The molecule has 1 amide bonds. The van der Waals surface area contributed by atoms with Crippen LogP contribution in [0.15, 0.2) is 23.6 Å². The van der Waals surface area contributed by atoms with E-state index in [1.54, 1.807) is 0 Å². The fourth-order valence-electron chi connectivity index (χ4n) is 1.06. The molecule has 0 aliphatic heterocycles. The standard InChI is InChI=1S/C9H6ClN3O2S/c10-6-3-5(14)1-2-7(6)11-9(15)8-4-16-13-12-8/h1-4,14H,(H,11,15). The summed E-state index contributed by atoms with van der Waals surface area (Å²) < 4.78 is 3.58. The van der Waals surface area contributed by atoms with Gasteiger partial charge in [0, 0.05) is 11.4 Å². The molecule has 1 aromatic heterocycles. The van der Waals surface area contributed by atoms with E-state index in [9.17, 15) is 4.79 Å². The molecule has 0 atom stereocenters. The number of nitrogens with zero attached hydrogens (tertiary/aromatic N) is 2. The van der Waals surface area contributed by atoms with Gasteiger partial charge in [-0.25, -0.2) is 0 Å². The van der Waals surface area contributed by atoms with E-state index in [2.05, 4.69) is 14.9 Å². The van der Waals surface area contributed by atoms with E-state index in [1.807, 2.05) is 0 Å². The zero-order valence-corrected chi connectivity index (χ0v) is 9.42. The number of amides is 1. The zero-order valence-electron chi connectivity index (χ0n) is 7.85. The number of nitrogens with one attached hydrogen (secondary N) is 1. The van der Waals surface area contributed by atoms with Crippen molar-refractivity contribution >= 4 is 34.7 Å². The number of halogens is 1. The molecule has 0 aliphatic rings. The largest absolute Gasteiger partial charge is 0.508 e. The highest BCUT2D eigenvalue weighted by Gasteiger charge is 2.11. The molecule has 0 spiro atoms. The fourth-order valence-corrected chi connectivity index (χ4v) is 1.71. The molecule has 16 heavy (non-hydrogen) atoms. The van der Waals surface area contributed by atoms with Crippen LogP contribution in [0.5, 0.6) is 5.75 Å². The maximum absolute atomic E-state index is 11.6. The lowest BCUT2D eigenvalue weighted by Crippen LogP contribution is -2.12. The summed E-state index contributed by atoms with van der Waals surface area (Å²) in [7, 11) is 0. The molecule has 5 nitrogen and oxygen atoms in total. The van der Waals surface area contributed by atoms with Crippen LogP contribution in [0.25, 0.3) is 0 Å². The van der Waals surface area contributed by atoms with Crippen molar-refractivity contribution in [1.82, 2.24) is 9.59 Å². The smallest absolute Gasteiger partial charge is 0.277 e. The molecule has 2 N–H and O–H groups in total. The highest BCUT2D eigenvalue weighted by molar-refractivity contribution is 7.03. The molecular weight excluding hydrogens is 250 g/mol. The normalized spacial score (nSPS) is 10.1. The number of rotatable bonds is 2. The number of phenolic OH excluding ortho intramolecular Hbond substituents is 1. The van der Waals surface area contributed by atoms with Crippen molar-refractivity contribution < 1.29 is 9.90 Å². The van der Waals surface area contributed by atoms with E-state index in [0.717, 1.165) is 11.5 Å². The van der Waals surface area contributed by atoms with Crippen LogP contribution in [-0.4, -0.2) is 20.6 Å². The molecule has 0 unspecified atom stereocenters. The van der Waals surface area contributed by atoms with Gasteiger partial charge < -0.3 is 10.4 Å². The van der Waals surface area contributed by atoms with Crippen LogP contribution in [0.2, 0.25) is 5.02 Å². The highest BCUT2D eigenvalue weighted by atomic mass is 35.5. The number of hydrogen-bond acceptors (Lipinski definition) is 5. The molecule has 0 aliphatic carbocycles. The Labute approximate surface area is 99.9 Å². The van der Waals surface area contributed by atoms with Gasteiger partial charge in [0.15, 0.2) is 5.69 Å². The topological polar surface area (TPSA) is 75.1 Å². The third-order valence-electron chi connectivity index (χ3n) is 1.79. The Morgan fingerprint density at radius 3 is 2.94 bits per heavy atom. The second-order valence-corrected chi connectivity index (χ2v) is 3.93. The molecule has 1 aromatic carbocycles. The van der Waals surface area contributed by atoms with Crippen molar-refractivity contribution in [1.29, 1.82) is 0 Å². The summed E-state index contributed by atoms with van der Waals surface area (Å²) in [5.74, 6) is -0.348. The third-order valence-corrected chi connectivity index (χ3v) is 2.61. The number of anilines is 1. The van der Waals surface area contributed by atoms with Gasteiger partial charge in [-0.05, 0) is 23.7 Å². The van der Waals surface area contributed by atoms with Gasteiger partial charge in [0.25, 0.3) is 5.91 Å². The summed E-state index contributed by atoms with van der Waals surface area (Å²) in [5.41, 5.74) is 0.645. The van der Waals surface area contributed by atoms with E-state index in [0.29, 0.717) is 5.69 Å². The van der Waals surface area contributed by atoms with Crippen molar-refractivity contribution in [3.63, 3.8) is 0 Å². The Morgan fingerprint density at radius 1 is 1.50 bits per heavy atom. The van der Waals surface area contributed by atoms with Crippen molar-refractivity contribution in [3.8, 4) is 5.75 Å². The minimum atomic E-state index is -0.388. The molecule has 7 heteroatoms. The average molecular weight is 256 g/mol. The second-order valence-electron chi connectivity index (χ2n) is 2.91. The monoisotopic (exact) mass is 255 g/mol. The molecular formula is C9H6ClN3O2S. The lowest BCUT2D eigenvalue weighted by Gasteiger charge is -2.05. The number of aromatic nitrogens is 2. The van der Waals surface area contributed by atoms with Crippen LogP contribution in [0.4, 0.5) is 5.69 Å². The maximum Gasteiger partial charge on any atom is 0.277 e. The number of phenols is 1. The summed E-state index contributed by atoms with van der Waals surface area (Å²) in [6.45, 7) is 0. The van der Waals surface area contributed by atoms with Gasteiger partial charge in [0.2, 0.25) is 0 Å². The Morgan fingerprint density at radius 2 is 2.31 bits per heavy atom. The molecule has 0 saturated carbocycles. The van der Waals surface area contributed by atoms with Crippen LogP contribution in [0.1, 0.15) is 10.5 Å². The van der Waals surface area contributed by atoms with Gasteiger partial charge in [-0.3, -0.25) is 4.79 Å².